The average molecular weight is 340 g/mol. The van der Waals surface area contributed by atoms with E-state index >= 15 is 0 Å². The fourth-order valence-corrected chi connectivity index (χ4v) is 2.84. The highest BCUT2D eigenvalue weighted by Gasteiger charge is 2.37. The summed E-state index contributed by atoms with van der Waals surface area (Å²) in [6.45, 7) is 0.628. The fraction of sp³-hybridized carbons (Fsp3) is 0.263. The number of hydrogen-bond acceptors (Lipinski definition) is 4. The molecular weight excluding hydrogens is 320 g/mol. The van der Waals surface area contributed by atoms with Gasteiger partial charge < -0.3 is 20.1 Å². The van der Waals surface area contributed by atoms with Crippen LogP contribution < -0.4 is 15.4 Å². The van der Waals surface area contributed by atoms with Crippen molar-refractivity contribution in [3.05, 3.63) is 65.7 Å². The highest BCUT2D eigenvalue weighted by molar-refractivity contribution is 5.89. The van der Waals surface area contributed by atoms with Gasteiger partial charge in [0.05, 0.1) is 7.11 Å². The van der Waals surface area contributed by atoms with Gasteiger partial charge in [-0.1, -0.05) is 42.5 Å². The zero-order chi connectivity index (χ0) is 17.6. The Morgan fingerprint density at radius 1 is 1.16 bits per heavy atom. The normalized spacial score (nSPS) is 19.2. The first-order valence-electron chi connectivity index (χ1n) is 8.06. The van der Waals surface area contributed by atoms with Crippen LogP contribution in [0.4, 0.5) is 4.79 Å². The third kappa shape index (κ3) is 4.09. The van der Waals surface area contributed by atoms with E-state index in [0.29, 0.717) is 6.54 Å². The van der Waals surface area contributed by atoms with Gasteiger partial charge in [-0.15, -0.1) is 0 Å². The molecule has 6 heteroatoms. The lowest BCUT2D eigenvalue weighted by Crippen LogP contribution is -2.43. The smallest absolute Gasteiger partial charge is 0.408 e. The Balaban J connectivity index is 1.62. The summed E-state index contributed by atoms with van der Waals surface area (Å²) in [6, 6.07) is 16.2. The van der Waals surface area contributed by atoms with E-state index in [-0.39, 0.29) is 18.4 Å². The number of rotatable bonds is 5. The zero-order valence-electron chi connectivity index (χ0n) is 13.9. The second kappa shape index (κ2) is 7.70. The van der Waals surface area contributed by atoms with Crippen LogP contribution in [0.1, 0.15) is 17.0 Å². The number of methoxy groups -OCH3 is 1. The molecule has 0 bridgehead atoms. The summed E-state index contributed by atoms with van der Waals surface area (Å²) in [7, 11) is 1.60. The lowest BCUT2D eigenvalue weighted by molar-refractivity contribution is -0.120. The van der Waals surface area contributed by atoms with Gasteiger partial charge in [0.2, 0.25) is 5.91 Å². The summed E-state index contributed by atoms with van der Waals surface area (Å²) in [6.07, 6.45) is -0.607. The van der Waals surface area contributed by atoms with Gasteiger partial charge in [-0.3, -0.25) is 4.79 Å². The predicted molar refractivity (Wildman–Crippen MR) is 92.3 cm³/mol. The van der Waals surface area contributed by atoms with Crippen molar-refractivity contribution in [2.45, 2.75) is 18.6 Å². The van der Waals surface area contributed by atoms with Crippen LogP contribution in [0.25, 0.3) is 0 Å². The van der Waals surface area contributed by atoms with E-state index in [4.69, 9.17) is 9.47 Å². The number of hydrogen-bond donors (Lipinski definition) is 2. The molecule has 1 heterocycles. The van der Waals surface area contributed by atoms with E-state index in [1.54, 1.807) is 7.11 Å². The Morgan fingerprint density at radius 3 is 2.56 bits per heavy atom. The van der Waals surface area contributed by atoms with Gasteiger partial charge in [-0.05, 0) is 23.3 Å². The van der Waals surface area contributed by atoms with Crippen LogP contribution in [0.5, 0.6) is 5.75 Å². The van der Waals surface area contributed by atoms with Crippen molar-refractivity contribution in [1.29, 1.82) is 0 Å². The lowest BCUT2D eigenvalue weighted by atomic mass is 9.94. The van der Waals surface area contributed by atoms with Gasteiger partial charge >= 0.3 is 6.09 Å². The monoisotopic (exact) mass is 340 g/mol. The Labute approximate surface area is 146 Å². The Bertz CT molecular complexity index is 731. The summed E-state index contributed by atoms with van der Waals surface area (Å²) in [5.41, 5.74) is 1.84. The molecule has 0 aromatic heterocycles. The number of amides is 2. The Morgan fingerprint density at radius 2 is 1.88 bits per heavy atom. The van der Waals surface area contributed by atoms with Gasteiger partial charge in [0.15, 0.2) is 0 Å². The number of ether oxygens (including phenoxy) is 2. The summed E-state index contributed by atoms with van der Waals surface area (Å²) in [5.74, 6) is 0.382. The average Bonchev–Trinajstić information content (AvgIpc) is 3.01. The van der Waals surface area contributed by atoms with Crippen LogP contribution in [0.15, 0.2) is 54.6 Å². The third-order valence-corrected chi connectivity index (χ3v) is 4.21. The van der Waals surface area contributed by atoms with E-state index in [9.17, 15) is 9.59 Å². The molecule has 2 aromatic carbocycles. The van der Waals surface area contributed by atoms with Gasteiger partial charge in [0.1, 0.15) is 18.4 Å². The van der Waals surface area contributed by atoms with Crippen molar-refractivity contribution >= 4 is 12.0 Å². The highest BCUT2D eigenvalue weighted by Crippen LogP contribution is 2.25. The number of benzene rings is 2. The maximum Gasteiger partial charge on any atom is 0.408 e. The number of alkyl carbamates (subject to hydrolysis) is 1. The molecule has 1 aliphatic rings. The van der Waals surface area contributed by atoms with Crippen molar-refractivity contribution < 1.29 is 19.1 Å². The summed E-state index contributed by atoms with van der Waals surface area (Å²) in [5, 5.41) is 5.46. The molecule has 1 saturated heterocycles. The molecule has 2 amide bonds. The molecule has 1 aliphatic heterocycles. The zero-order valence-corrected chi connectivity index (χ0v) is 13.9. The van der Waals surface area contributed by atoms with Crippen LogP contribution in [-0.4, -0.2) is 31.7 Å². The number of carbonyl (C=O) groups excluding carboxylic acids is 2. The highest BCUT2D eigenvalue weighted by atomic mass is 16.5. The van der Waals surface area contributed by atoms with E-state index in [0.717, 1.165) is 16.9 Å². The van der Waals surface area contributed by atoms with Gasteiger partial charge in [0, 0.05) is 12.5 Å². The maximum atomic E-state index is 12.1. The van der Waals surface area contributed by atoms with Crippen molar-refractivity contribution in [3.8, 4) is 5.75 Å². The molecule has 0 saturated carbocycles. The molecule has 6 nitrogen and oxygen atoms in total. The molecule has 1 fully saturated rings. The van der Waals surface area contributed by atoms with Crippen molar-refractivity contribution in [2.24, 2.45) is 0 Å². The first-order valence-corrected chi connectivity index (χ1v) is 8.06. The predicted octanol–water partition coefficient (Wildman–Crippen LogP) is 2.20. The van der Waals surface area contributed by atoms with Crippen molar-refractivity contribution in [1.82, 2.24) is 10.6 Å². The van der Waals surface area contributed by atoms with Crippen LogP contribution in [-0.2, 0) is 16.1 Å². The van der Waals surface area contributed by atoms with E-state index < -0.39 is 12.1 Å². The van der Waals surface area contributed by atoms with Crippen LogP contribution in [0.3, 0.4) is 0 Å². The summed E-state index contributed by atoms with van der Waals surface area (Å²) >= 11 is 0. The molecule has 2 atom stereocenters. The van der Waals surface area contributed by atoms with E-state index in [1.165, 1.54) is 0 Å². The summed E-state index contributed by atoms with van der Waals surface area (Å²) < 4.78 is 10.4. The first-order chi connectivity index (χ1) is 12.2. The number of carbonyl (C=O) groups is 2. The quantitative estimate of drug-likeness (QED) is 0.875. The summed E-state index contributed by atoms with van der Waals surface area (Å²) in [4.78, 5) is 24.1. The molecule has 0 radical (unpaired) electrons. The minimum absolute atomic E-state index is 0.150. The van der Waals surface area contributed by atoms with Gasteiger partial charge in [-0.25, -0.2) is 4.79 Å². The molecular formula is C19H20N2O4. The first kappa shape index (κ1) is 16.8. The lowest BCUT2D eigenvalue weighted by Gasteiger charge is -2.18. The fourth-order valence-electron chi connectivity index (χ4n) is 2.84. The number of nitrogens with one attached hydrogen (secondary N) is 2. The topological polar surface area (TPSA) is 76.7 Å². The molecule has 130 valence electrons. The second-order valence-electron chi connectivity index (χ2n) is 5.81. The molecule has 0 aliphatic carbocycles. The minimum Gasteiger partial charge on any atom is -0.497 e. The van der Waals surface area contributed by atoms with E-state index in [1.807, 2.05) is 54.6 Å². The molecule has 0 unspecified atom stereocenters. The molecule has 2 aromatic rings. The largest absolute Gasteiger partial charge is 0.497 e. The second-order valence-corrected chi connectivity index (χ2v) is 5.81. The Kier molecular flexibility index (Phi) is 5.18. The van der Waals surface area contributed by atoms with Crippen molar-refractivity contribution in [2.75, 3.05) is 13.7 Å². The van der Waals surface area contributed by atoms with Gasteiger partial charge in [-0.2, -0.15) is 0 Å². The molecule has 0 spiro atoms. The third-order valence-electron chi connectivity index (χ3n) is 4.21. The van der Waals surface area contributed by atoms with Gasteiger partial charge in [0.25, 0.3) is 0 Å². The minimum atomic E-state index is -0.656. The van der Waals surface area contributed by atoms with Crippen LogP contribution >= 0.6 is 0 Å². The molecule has 2 N–H and O–H groups in total. The van der Waals surface area contributed by atoms with Crippen molar-refractivity contribution in [3.63, 3.8) is 0 Å². The molecule has 25 heavy (non-hydrogen) atoms. The van der Waals surface area contributed by atoms with Crippen LogP contribution in [0, 0.1) is 0 Å². The van der Waals surface area contributed by atoms with Crippen LogP contribution in [0.2, 0.25) is 0 Å². The maximum absolute atomic E-state index is 12.1. The van der Waals surface area contributed by atoms with E-state index in [2.05, 4.69) is 10.6 Å². The standard InChI is InChI=1S/C19H20N2O4/c1-24-15-9-7-14(8-10-15)16-11-20-18(22)17(16)21-19(23)25-12-13-5-3-2-4-6-13/h2-10,16-17H,11-12H2,1H3,(H,20,22)(H,21,23)/t16-,17-/m1/s1. The Hall–Kier alpha value is -3.02. The SMILES string of the molecule is COc1ccc([C@H]2CNC(=O)[C@@H]2NC(=O)OCc2ccccc2)cc1. The molecule has 3 rings (SSSR count).